The van der Waals surface area contributed by atoms with Crippen LogP contribution >= 0.6 is 34.9 Å². The number of hydrogen-bond donors (Lipinski definition) is 0. The first-order chi connectivity index (χ1) is 17.4. The number of hydrogen-bond acceptors (Lipinski definition) is 3. The monoisotopic (exact) mass is 504 g/mol. The summed E-state index contributed by atoms with van der Waals surface area (Å²) < 4.78 is 2.70. The van der Waals surface area contributed by atoms with Crippen LogP contribution in [-0.2, 0) is 11.5 Å². The molecular weight excluding hydrogens is 481 g/mol. The highest BCUT2D eigenvalue weighted by atomic mass is 32.2. The summed E-state index contributed by atoms with van der Waals surface area (Å²) in [5.74, 6) is 1.92. The van der Waals surface area contributed by atoms with Gasteiger partial charge in [0, 0.05) is 41.5 Å². The minimum absolute atomic E-state index is 0.955. The van der Waals surface area contributed by atoms with E-state index in [0.29, 0.717) is 0 Å². The second-order valence-corrected chi connectivity index (χ2v) is 11.5. The molecule has 35 heavy (non-hydrogen) atoms. The summed E-state index contributed by atoms with van der Waals surface area (Å²) in [6, 6.07) is 43.9. The molecule has 3 heteroatoms. The highest BCUT2D eigenvalue weighted by molar-refractivity contribution is 8.01. The van der Waals surface area contributed by atoms with Gasteiger partial charge >= 0.3 is 0 Å². The Morgan fingerprint density at radius 3 is 1.86 bits per heavy atom. The topological polar surface area (TPSA) is 0 Å². The van der Waals surface area contributed by atoms with Crippen molar-refractivity contribution in [2.75, 3.05) is 0 Å². The minimum atomic E-state index is 0.955. The maximum absolute atomic E-state index is 2.31. The van der Waals surface area contributed by atoms with Crippen LogP contribution in [0.25, 0.3) is 31.3 Å². The summed E-state index contributed by atoms with van der Waals surface area (Å²) in [6.45, 7) is 0. The summed E-state index contributed by atoms with van der Waals surface area (Å²) in [5, 5.41) is 2.73. The van der Waals surface area contributed by atoms with Gasteiger partial charge in [-0.3, -0.25) is 0 Å². The first-order valence-corrected chi connectivity index (χ1v) is 14.5. The number of thioether (sulfide) groups is 2. The van der Waals surface area contributed by atoms with Gasteiger partial charge in [0.15, 0.2) is 0 Å². The van der Waals surface area contributed by atoms with Crippen LogP contribution in [0.15, 0.2) is 131 Å². The fraction of sp³-hybridized carbons (Fsp3) is 0.0625. The van der Waals surface area contributed by atoms with Crippen molar-refractivity contribution in [2.45, 2.75) is 21.3 Å². The molecule has 0 atom stereocenters. The Labute approximate surface area is 219 Å². The standard InChI is InChI=1S/C32H24S3/c1-3-11-23(12-4-1)21-33-30-20-10-17-26(32(30)34-22-24-13-5-2-6-14-24)25-16-9-19-29-31(25)27-15-7-8-18-28(27)35-29/h1-20H,21-22H2. The van der Waals surface area contributed by atoms with Crippen molar-refractivity contribution >= 4 is 55.0 Å². The first kappa shape index (κ1) is 22.5. The smallest absolute Gasteiger partial charge is 0.0361 e. The molecular formula is C32H24S3. The van der Waals surface area contributed by atoms with E-state index in [1.165, 1.54) is 52.2 Å². The molecule has 0 bridgehead atoms. The van der Waals surface area contributed by atoms with Gasteiger partial charge in [0.1, 0.15) is 0 Å². The molecule has 0 aliphatic carbocycles. The first-order valence-electron chi connectivity index (χ1n) is 11.7. The maximum Gasteiger partial charge on any atom is 0.0361 e. The Morgan fingerprint density at radius 1 is 0.486 bits per heavy atom. The van der Waals surface area contributed by atoms with Crippen LogP contribution in [0.4, 0.5) is 0 Å². The number of fused-ring (bicyclic) bond motifs is 3. The van der Waals surface area contributed by atoms with E-state index >= 15 is 0 Å². The summed E-state index contributed by atoms with van der Waals surface area (Å²) in [5.41, 5.74) is 5.37. The molecule has 6 rings (SSSR count). The maximum atomic E-state index is 2.31. The number of thiophene rings is 1. The highest BCUT2D eigenvalue weighted by Crippen LogP contribution is 2.46. The Kier molecular flexibility index (Phi) is 6.64. The third-order valence-corrected chi connectivity index (χ3v) is 9.74. The largest absolute Gasteiger partial charge is 0.135 e. The molecule has 0 radical (unpaired) electrons. The van der Waals surface area contributed by atoms with E-state index in [9.17, 15) is 0 Å². The molecule has 0 fully saturated rings. The molecule has 0 aliphatic heterocycles. The van der Waals surface area contributed by atoms with Crippen LogP contribution in [0.2, 0.25) is 0 Å². The quantitative estimate of drug-likeness (QED) is 0.198. The normalized spacial score (nSPS) is 11.3. The van der Waals surface area contributed by atoms with Crippen molar-refractivity contribution in [3.8, 4) is 11.1 Å². The van der Waals surface area contributed by atoms with Crippen LogP contribution in [0, 0.1) is 0 Å². The van der Waals surface area contributed by atoms with Gasteiger partial charge in [0.25, 0.3) is 0 Å². The van der Waals surface area contributed by atoms with E-state index in [4.69, 9.17) is 0 Å². The molecule has 0 unspecified atom stereocenters. The Hall–Kier alpha value is -2.98. The minimum Gasteiger partial charge on any atom is -0.135 e. The molecule has 0 N–H and O–H groups in total. The van der Waals surface area contributed by atoms with Gasteiger partial charge in [-0.25, -0.2) is 0 Å². The molecule has 0 saturated carbocycles. The van der Waals surface area contributed by atoms with Crippen LogP contribution in [-0.4, -0.2) is 0 Å². The van der Waals surface area contributed by atoms with Crippen LogP contribution in [0.3, 0.4) is 0 Å². The van der Waals surface area contributed by atoms with Crippen molar-refractivity contribution in [2.24, 2.45) is 0 Å². The van der Waals surface area contributed by atoms with Crippen LogP contribution in [0.1, 0.15) is 11.1 Å². The van der Waals surface area contributed by atoms with Gasteiger partial charge in [0.2, 0.25) is 0 Å². The molecule has 0 amide bonds. The molecule has 0 aliphatic rings. The lowest BCUT2D eigenvalue weighted by molar-refractivity contribution is 1.23. The van der Waals surface area contributed by atoms with Crippen LogP contribution in [0.5, 0.6) is 0 Å². The summed E-state index contributed by atoms with van der Waals surface area (Å²) in [4.78, 5) is 2.73. The average molecular weight is 505 g/mol. The zero-order valence-corrected chi connectivity index (χ0v) is 21.6. The van der Waals surface area contributed by atoms with E-state index in [1.54, 1.807) is 0 Å². The zero-order valence-electron chi connectivity index (χ0n) is 19.2. The second-order valence-electron chi connectivity index (χ2n) is 8.46. The second kappa shape index (κ2) is 10.3. The fourth-order valence-corrected chi connectivity index (χ4v) is 7.92. The molecule has 1 heterocycles. The number of benzene rings is 5. The van der Waals surface area contributed by atoms with Crippen molar-refractivity contribution in [3.05, 3.63) is 132 Å². The molecule has 6 aromatic rings. The predicted octanol–water partition coefficient (Wildman–Crippen LogP) is 10.3. The third kappa shape index (κ3) is 4.77. The van der Waals surface area contributed by atoms with Gasteiger partial charge in [0.05, 0.1) is 0 Å². The predicted molar refractivity (Wildman–Crippen MR) is 157 cm³/mol. The van der Waals surface area contributed by atoms with Crippen molar-refractivity contribution in [1.82, 2.24) is 0 Å². The molecule has 170 valence electrons. The Morgan fingerprint density at radius 2 is 1.09 bits per heavy atom. The van der Waals surface area contributed by atoms with Gasteiger partial charge in [-0.15, -0.1) is 34.9 Å². The molecule has 0 spiro atoms. The highest BCUT2D eigenvalue weighted by Gasteiger charge is 2.16. The molecule has 5 aromatic carbocycles. The fourth-order valence-electron chi connectivity index (χ4n) is 4.45. The Balaban J connectivity index is 1.47. The lowest BCUT2D eigenvalue weighted by atomic mass is 9.99. The third-order valence-electron chi connectivity index (χ3n) is 6.13. The number of rotatable bonds is 7. The van der Waals surface area contributed by atoms with E-state index in [1.807, 2.05) is 34.9 Å². The van der Waals surface area contributed by atoms with Gasteiger partial charge in [-0.1, -0.05) is 103 Å². The molecule has 0 nitrogen and oxygen atoms in total. The lowest BCUT2D eigenvalue weighted by Crippen LogP contribution is -1.90. The van der Waals surface area contributed by atoms with Gasteiger partial charge in [-0.05, 0) is 40.5 Å². The SMILES string of the molecule is c1ccc(CSc2cccc(-c3cccc4sc5ccccc5c34)c2SCc2ccccc2)cc1. The molecule has 0 saturated heterocycles. The van der Waals surface area contributed by atoms with Crippen LogP contribution < -0.4 is 0 Å². The van der Waals surface area contributed by atoms with E-state index in [2.05, 4.69) is 121 Å². The Bertz CT molecular complexity index is 1580. The van der Waals surface area contributed by atoms with E-state index < -0.39 is 0 Å². The van der Waals surface area contributed by atoms with Crippen molar-refractivity contribution in [1.29, 1.82) is 0 Å². The summed E-state index contributed by atoms with van der Waals surface area (Å²) >= 11 is 5.78. The average Bonchev–Trinajstić information content (AvgIpc) is 3.31. The van der Waals surface area contributed by atoms with Crippen molar-refractivity contribution in [3.63, 3.8) is 0 Å². The van der Waals surface area contributed by atoms with Crippen molar-refractivity contribution < 1.29 is 0 Å². The summed E-state index contributed by atoms with van der Waals surface area (Å²) in [6.07, 6.45) is 0. The lowest BCUT2D eigenvalue weighted by Gasteiger charge is -2.16. The van der Waals surface area contributed by atoms with E-state index in [0.717, 1.165) is 11.5 Å². The van der Waals surface area contributed by atoms with E-state index in [-0.39, 0.29) is 0 Å². The summed E-state index contributed by atoms with van der Waals surface area (Å²) in [7, 11) is 0. The van der Waals surface area contributed by atoms with Gasteiger partial charge in [-0.2, -0.15) is 0 Å². The van der Waals surface area contributed by atoms with Gasteiger partial charge < -0.3 is 0 Å². The zero-order chi connectivity index (χ0) is 23.5. The molecule has 1 aromatic heterocycles.